The number of piperidine rings is 1. The van der Waals surface area contributed by atoms with E-state index in [0.717, 1.165) is 19.4 Å². The van der Waals surface area contributed by atoms with Crippen LogP contribution in [0.3, 0.4) is 0 Å². The molecule has 4 heteroatoms. The van der Waals surface area contributed by atoms with Gasteiger partial charge in [0.25, 0.3) is 0 Å². The first-order chi connectivity index (χ1) is 7.24. The fraction of sp³-hybridized carbons (Fsp3) is 1.00. The third kappa shape index (κ3) is 3.55. The smallest absolute Gasteiger partial charge is 0.192 e. The van der Waals surface area contributed by atoms with Crippen LogP contribution in [0.4, 0.5) is 0 Å². The summed E-state index contributed by atoms with van der Waals surface area (Å²) in [5.74, 6) is 0. The van der Waals surface area contributed by atoms with Crippen LogP contribution in [0.2, 0.25) is 18.1 Å². The normalized spacial score (nSPS) is 28.1. The van der Waals surface area contributed by atoms with Gasteiger partial charge in [0, 0.05) is 0 Å². The van der Waals surface area contributed by atoms with Crippen molar-refractivity contribution in [1.82, 2.24) is 5.32 Å². The molecule has 1 fully saturated rings. The molecule has 0 aliphatic carbocycles. The molecule has 0 bridgehead atoms. The Balaban J connectivity index is 2.44. The maximum atomic E-state index is 9.84. The third-order valence-corrected chi connectivity index (χ3v) is 8.48. The molecule has 0 aromatic heterocycles. The molecule has 2 unspecified atom stereocenters. The van der Waals surface area contributed by atoms with Gasteiger partial charge in [-0.15, -0.1) is 0 Å². The van der Waals surface area contributed by atoms with E-state index in [-0.39, 0.29) is 17.2 Å². The van der Waals surface area contributed by atoms with Crippen molar-refractivity contribution in [3.8, 4) is 0 Å². The lowest BCUT2D eigenvalue weighted by molar-refractivity contribution is 0.0674. The fourth-order valence-corrected chi connectivity index (χ4v) is 2.65. The van der Waals surface area contributed by atoms with Crippen molar-refractivity contribution in [1.29, 1.82) is 0 Å². The van der Waals surface area contributed by atoms with Gasteiger partial charge in [-0.1, -0.05) is 20.8 Å². The molecule has 16 heavy (non-hydrogen) atoms. The van der Waals surface area contributed by atoms with E-state index in [1.807, 2.05) is 0 Å². The number of rotatable bonds is 3. The predicted octanol–water partition coefficient (Wildman–Crippen LogP) is 2.12. The van der Waals surface area contributed by atoms with E-state index in [1.54, 1.807) is 0 Å². The van der Waals surface area contributed by atoms with Crippen LogP contribution in [-0.4, -0.2) is 38.7 Å². The number of nitrogens with one attached hydrogen (secondary N) is 1. The van der Waals surface area contributed by atoms with E-state index in [1.165, 1.54) is 0 Å². The van der Waals surface area contributed by atoms with Gasteiger partial charge < -0.3 is 14.8 Å². The maximum absolute atomic E-state index is 9.84. The fourth-order valence-electron chi connectivity index (χ4n) is 1.62. The van der Waals surface area contributed by atoms with Crippen LogP contribution in [0.15, 0.2) is 0 Å². The molecule has 0 spiro atoms. The maximum Gasteiger partial charge on any atom is 0.192 e. The SMILES string of the molecule is CC(C)(C)[Si](C)(C)OCC1NCCCC1O. The Labute approximate surface area is 101 Å². The Hall–Kier alpha value is 0.0969. The summed E-state index contributed by atoms with van der Waals surface area (Å²) in [4.78, 5) is 0. The highest BCUT2D eigenvalue weighted by molar-refractivity contribution is 6.74. The zero-order valence-electron chi connectivity index (χ0n) is 11.3. The molecule has 1 saturated heterocycles. The second-order valence-electron chi connectivity index (χ2n) is 6.34. The lowest BCUT2D eigenvalue weighted by Crippen LogP contribution is -2.51. The summed E-state index contributed by atoms with van der Waals surface area (Å²) in [5.41, 5.74) is 0. The van der Waals surface area contributed by atoms with Crippen molar-refractivity contribution in [2.75, 3.05) is 13.2 Å². The lowest BCUT2D eigenvalue weighted by atomic mass is 10.0. The predicted molar refractivity (Wildman–Crippen MR) is 70.2 cm³/mol. The van der Waals surface area contributed by atoms with Crippen LogP contribution in [0.25, 0.3) is 0 Å². The molecule has 2 atom stereocenters. The molecule has 1 heterocycles. The van der Waals surface area contributed by atoms with Crippen molar-refractivity contribution >= 4 is 8.32 Å². The van der Waals surface area contributed by atoms with Gasteiger partial charge in [-0.2, -0.15) is 0 Å². The molecular weight excluding hydrogens is 218 g/mol. The van der Waals surface area contributed by atoms with Gasteiger partial charge >= 0.3 is 0 Å². The Kier molecular flexibility index (Phi) is 4.57. The second kappa shape index (κ2) is 5.17. The molecule has 0 amide bonds. The van der Waals surface area contributed by atoms with Crippen molar-refractivity contribution < 1.29 is 9.53 Å². The third-order valence-electron chi connectivity index (χ3n) is 3.98. The zero-order valence-corrected chi connectivity index (χ0v) is 12.3. The molecule has 1 rings (SSSR count). The summed E-state index contributed by atoms with van der Waals surface area (Å²) >= 11 is 0. The highest BCUT2D eigenvalue weighted by Crippen LogP contribution is 2.36. The van der Waals surface area contributed by atoms with Crippen LogP contribution in [0, 0.1) is 0 Å². The second-order valence-corrected chi connectivity index (χ2v) is 11.2. The first-order valence-corrected chi connectivity index (χ1v) is 9.20. The summed E-state index contributed by atoms with van der Waals surface area (Å²) in [6.07, 6.45) is 1.73. The Morgan fingerprint density at radius 3 is 2.50 bits per heavy atom. The minimum absolute atomic E-state index is 0.128. The van der Waals surface area contributed by atoms with Gasteiger partial charge in [0.2, 0.25) is 0 Å². The number of hydrogen-bond acceptors (Lipinski definition) is 3. The zero-order chi connectivity index (χ0) is 12.4. The van der Waals surface area contributed by atoms with Crippen LogP contribution < -0.4 is 5.32 Å². The van der Waals surface area contributed by atoms with Gasteiger partial charge in [0.1, 0.15) is 0 Å². The summed E-state index contributed by atoms with van der Waals surface area (Å²) < 4.78 is 6.12. The molecule has 0 saturated carbocycles. The number of hydrogen-bond donors (Lipinski definition) is 2. The van der Waals surface area contributed by atoms with Gasteiger partial charge in [0.15, 0.2) is 8.32 Å². The van der Waals surface area contributed by atoms with E-state index < -0.39 is 8.32 Å². The van der Waals surface area contributed by atoms with E-state index in [2.05, 4.69) is 39.2 Å². The van der Waals surface area contributed by atoms with Crippen molar-refractivity contribution in [3.63, 3.8) is 0 Å². The molecule has 0 aromatic carbocycles. The van der Waals surface area contributed by atoms with Crippen LogP contribution >= 0.6 is 0 Å². The minimum Gasteiger partial charge on any atom is -0.415 e. The summed E-state index contributed by atoms with van der Waals surface area (Å²) in [6, 6.07) is 0.128. The molecular formula is C12H27NO2Si. The molecule has 1 aliphatic heterocycles. The summed E-state index contributed by atoms with van der Waals surface area (Å²) in [6.45, 7) is 12.9. The largest absolute Gasteiger partial charge is 0.415 e. The first kappa shape index (κ1) is 14.2. The number of aliphatic hydroxyl groups excluding tert-OH is 1. The van der Waals surface area contributed by atoms with Crippen molar-refractivity contribution in [2.45, 2.75) is 63.9 Å². The standard InChI is InChI=1S/C12H27NO2Si/c1-12(2,3)16(4,5)15-9-10-11(14)7-6-8-13-10/h10-11,13-14H,6-9H2,1-5H3. The average molecular weight is 245 g/mol. The quantitative estimate of drug-likeness (QED) is 0.748. The summed E-state index contributed by atoms with van der Waals surface area (Å²) in [5, 5.41) is 13.4. The lowest BCUT2D eigenvalue weighted by Gasteiger charge is -2.38. The molecule has 1 aliphatic rings. The van der Waals surface area contributed by atoms with Crippen LogP contribution in [-0.2, 0) is 4.43 Å². The monoisotopic (exact) mass is 245 g/mol. The highest BCUT2D eigenvalue weighted by Gasteiger charge is 2.38. The van der Waals surface area contributed by atoms with Crippen LogP contribution in [0.1, 0.15) is 33.6 Å². The molecule has 0 radical (unpaired) electrons. The molecule has 0 aromatic rings. The average Bonchev–Trinajstić information content (AvgIpc) is 2.15. The summed E-state index contributed by atoms with van der Waals surface area (Å²) in [7, 11) is -1.67. The van der Waals surface area contributed by atoms with Gasteiger partial charge in [-0.25, -0.2) is 0 Å². The first-order valence-electron chi connectivity index (χ1n) is 6.29. The molecule has 2 N–H and O–H groups in total. The van der Waals surface area contributed by atoms with E-state index in [9.17, 15) is 5.11 Å². The van der Waals surface area contributed by atoms with E-state index in [0.29, 0.717) is 6.61 Å². The molecule has 3 nitrogen and oxygen atoms in total. The minimum atomic E-state index is -1.67. The van der Waals surface area contributed by atoms with Gasteiger partial charge in [-0.05, 0) is 37.5 Å². The molecule has 96 valence electrons. The Morgan fingerprint density at radius 2 is 2.00 bits per heavy atom. The van der Waals surface area contributed by atoms with Crippen molar-refractivity contribution in [2.24, 2.45) is 0 Å². The van der Waals surface area contributed by atoms with Crippen molar-refractivity contribution in [3.05, 3.63) is 0 Å². The topological polar surface area (TPSA) is 41.5 Å². The Morgan fingerprint density at radius 1 is 1.38 bits per heavy atom. The van der Waals surface area contributed by atoms with Gasteiger partial charge in [0.05, 0.1) is 18.8 Å². The van der Waals surface area contributed by atoms with E-state index in [4.69, 9.17) is 4.43 Å². The van der Waals surface area contributed by atoms with Gasteiger partial charge in [-0.3, -0.25) is 0 Å². The van der Waals surface area contributed by atoms with Crippen LogP contribution in [0.5, 0.6) is 0 Å². The highest BCUT2D eigenvalue weighted by atomic mass is 28.4. The van der Waals surface area contributed by atoms with E-state index >= 15 is 0 Å². The number of aliphatic hydroxyl groups is 1. The Bertz CT molecular complexity index is 226.